The molecule has 1 aromatic rings. The van der Waals surface area contributed by atoms with Gasteiger partial charge in [-0.05, 0) is 28.1 Å². The van der Waals surface area contributed by atoms with Gasteiger partial charge in [-0.15, -0.1) is 0 Å². The fourth-order valence-electron chi connectivity index (χ4n) is 1.05. The minimum atomic E-state index is -2.95. The molecule has 0 atom stereocenters. The van der Waals surface area contributed by atoms with Crippen molar-refractivity contribution in [3.05, 3.63) is 28.5 Å². The van der Waals surface area contributed by atoms with E-state index in [1.807, 2.05) is 0 Å². The summed E-state index contributed by atoms with van der Waals surface area (Å²) in [5.74, 6) is -2.95. The first-order valence-electron chi connectivity index (χ1n) is 4.58. The zero-order valence-electron chi connectivity index (χ0n) is 8.75. The lowest BCUT2D eigenvalue weighted by Crippen LogP contribution is -2.29. The van der Waals surface area contributed by atoms with Crippen LogP contribution in [0.25, 0.3) is 0 Å². The average molecular weight is 296 g/mol. The van der Waals surface area contributed by atoms with E-state index in [2.05, 4.69) is 25.7 Å². The number of ether oxygens (including phenoxy) is 2. The maximum Gasteiger partial charge on any atom is 0.293 e. The molecule has 1 heterocycles. The van der Waals surface area contributed by atoms with Crippen molar-refractivity contribution in [3.63, 3.8) is 0 Å². The maximum atomic E-state index is 12.9. The molecule has 0 aliphatic heterocycles. The second-order valence-corrected chi connectivity index (χ2v) is 4.17. The van der Waals surface area contributed by atoms with Crippen molar-refractivity contribution in [2.75, 3.05) is 20.3 Å². The van der Waals surface area contributed by atoms with Crippen molar-refractivity contribution in [3.8, 4) is 0 Å². The highest BCUT2D eigenvalue weighted by molar-refractivity contribution is 9.10. The predicted octanol–water partition coefficient (Wildman–Crippen LogP) is 2.64. The zero-order valence-corrected chi connectivity index (χ0v) is 10.3. The standard InChI is InChI=1S/C10H12BrF2NO2/c1-15-6-10(12,13)7-16-5-9-3-2-8(11)4-14-9/h2-4H,5-7H2,1H3. The van der Waals surface area contributed by atoms with Crippen LogP contribution in [0.3, 0.4) is 0 Å². The van der Waals surface area contributed by atoms with E-state index in [1.165, 1.54) is 7.11 Å². The quantitative estimate of drug-likeness (QED) is 0.808. The third-order valence-electron chi connectivity index (χ3n) is 1.71. The van der Waals surface area contributed by atoms with Gasteiger partial charge in [-0.1, -0.05) is 0 Å². The normalized spacial score (nSPS) is 11.8. The zero-order chi connectivity index (χ0) is 12.0. The van der Waals surface area contributed by atoms with Crippen molar-refractivity contribution in [1.82, 2.24) is 4.98 Å². The van der Waals surface area contributed by atoms with Crippen molar-refractivity contribution in [2.45, 2.75) is 12.5 Å². The monoisotopic (exact) mass is 295 g/mol. The van der Waals surface area contributed by atoms with Crippen LogP contribution in [0.15, 0.2) is 22.8 Å². The summed E-state index contributed by atoms with van der Waals surface area (Å²) in [5.41, 5.74) is 0.608. The van der Waals surface area contributed by atoms with Gasteiger partial charge >= 0.3 is 0 Å². The Hall–Kier alpha value is -0.590. The van der Waals surface area contributed by atoms with Crippen molar-refractivity contribution in [1.29, 1.82) is 0 Å². The number of alkyl halides is 2. The summed E-state index contributed by atoms with van der Waals surface area (Å²) in [5, 5.41) is 0. The molecule has 3 nitrogen and oxygen atoms in total. The molecule has 6 heteroatoms. The third kappa shape index (κ3) is 4.96. The second kappa shape index (κ2) is 6.22. The minimum Gasteiger partial charge on any atom is -0.378 e. The molecule has 90 valence electrons. The molecule has 1 rings (SSSR count). The Morgan fingerprint density at radius 3 is 2.69 bits per heavy atom. The predicted molar refractivity (Wildman–Crippen MR) is 58.4 cm³/mol. The lowest BCUT2D eigenvalue weighted by Gasteiger charge is -2.14. The van der Waals surface area contributed by atoms with Gasteiger partial charge in [0.05, 0.1) is 12.3 Å². The van der Waals surface area contributed by atoms with Crippen molar-refractivity contribution < 1.29 is 18.3 Å². The molecule has 0 saturated carbocycles. The van der Waals surface area contributed by atoms with Crippen LogP contribution >= 0.6 is 15.9 Å². The Morgan fingerprint density at radius 1 is 1.38 bits per heavy atom. The van der Waals surface area contributed by atoms with Gasteiger partial charge in [0.25, 0.3) is 5.92 Å². The number of aromatic nitrogens is 1. The molecule has 0 aromatic carbocycles. The summed E-state index contributed by atoms with van der Waals surface area (Å²) >= 11 is 3.23. The van der Waals surface area contributed by atoms with Crippen molar-refractivity contribution in [2.24, 2.45) is 0 Å². The summed E-state index contributed by atoms with van der Waals surface area (Å²) in [4.78, 5) is 4.00. The average Bonchev–Trinajstić information content (AvgIpc) is 2.20. The first-order chi connectivity index (χ1) is 7.53. The highest BCUT2D eigenvalue weighted by Gasteiger charge is 2.29. The molecule has 1 aromatic heterocycles. The number of pyridine rings is 1. The number of rotatable bonds is 6. The number of methoxy groups -OCH3 is 1. The summed E-state index contributed by atoms with van der Waals surface area (Å²) in [6, 6.07) is 3.48. The first-order valence-corrected chi connectivity index (χ1v) is 5.38. The maximum absolute atomic E-state index is 12.9. The molecule has 0 spiro atoms. The highest BCUT2D eigenvalue weighted by atomic mass is 79.9. The first kappa shape index (κ1) is 13.5. The van der Waals surface area contributed by atoms with Crippen LogP contribution in [0.2, 0.25) is 0 Å². The fourth-order valence-corrected chi connectivity index (χ4v) is 1.28. The van der Waals surface area contributed by atoms with E-state index in [1.54, 1.807) is 18.3 Å². The number of nitrogens with zero attached hydrogens (tertiary/aromatic N) is 1. The number of halogens is 3. The van der Waals surface area contributed by atoms with Gasteiger partial charge in [-0.25, -0.2) is 8.78 Å². The molecule has 0 saturated heterocycles. The second-order valence-electron chi connectivity index (χ2n) is 3.25. The lowest BCUT2D eigenvalue weighted by atomic mass is 10.3. The molecule has 0 aliphatic carbocycles. The van der Waals surface area contributed by atoms with E-state index in [9.17, 15) is 8.78 Å². The summed E-state index contributed by atoms with van der Waals surface area (Å²) in [6.45, 7) is -1.24. The molecule has 16 heavy (non-hydrogen) atoms. The lowest BCUT2D eigenvalue weighted by molar-refractivity contribution is -0.119. The Morgan fingerprint density at radius 2 is 2.12 bits per heavy atom. The molecule has 0 N–H and O–H groups in total. The molecule has 0 fully saturated rings. The molecule has 0 unspecified atom stereocenters. The van der Waals surface area contributed by atoms with E-state index in [0.29, 0.717) is 5.69 Å². The number of hydrogen-bond acceptors (Lipinski definition) is 3. The van der Waals surface area contributed by atoms with Gasteiger partial charge in [0.15, 0.2) is 0 Å². The summed E-state index contributed by atoms with van der Waals surface area (Å²) in [7, 11) is 1.23. The molecule has 0 radical (unpaired) electrons. The smallest absolute Gasteiger partial charge is 0.293 e. The van der Waals surface area contributed by atoms with Crippen LogP contribution in [0.5, 0.6) is 0 Å². The van der Waals surface area contributed by atoms with Crippen molar-refractivity contribution >= 4 is 15.9 Å². The fraction of sp³-hybridized carbons (Fsp3) is 0.500. The summed E-state index contributed by atoms with van der Waals surface area (Å²) < 4.78 is 35.9. The van der Waals surface area contributed by atoms with E-state index < -0.39 is 19.1 Å². The van der Waals surface area contributed by atoms with Gasteiger partial charge < -0.3 is 9.47 Å². The van der Waals surface area contributed by atoms with Crippen LogP contribution in [0.1, 0.15) is 5.69 Å². The number of hydrogen-bond donors (Lipinski definition) is 0. The van der Waals surface area contributed by atoms with Crippen LogP contribution in [0.4, 0.5) is 8.78 Å². The van der Waals surface area contributed by atoms with Gasteiger partial charge in [0.1, 0.15) is 13.2 Å². The molecular weight excluding hydrogens is 284 g/mol. The van der Waals surface area contributed by atoms with Gasteiger partial charge in [-0.3, -0.25) is 4.98 Å². The minimum absolute atomic E-state index is 0.0621. The Labute approximate surface area is 101 Å². The summed E-state index contributed by atoms with van der Waals surface area (Å²) in [6.07, 6.45) is 1.59. The molecule has 0 amide bonds. The van der Waals surface area contributed by atoms with Gasteiger partial charge in [0.2, 0.25) is 0 Å². The topological polar surface area (TPSA) is 31.4 Å². The highest BCUT2D eigenvalue weighted by Crippen LogP contribution is 2.15. The van der Waals surface area contributed by atoms with E-state index in [4.69, 9.17) is 4.74 Å². The van der Waals surface area contributed by atoms with Gasteiger partial charge in [-0.2, -0.15) is 0 Å². The third-order valence-corrected chi connectivity index (χ3v) is 2.18. The van der Waals surface area contributed by atoms with E-state index in [0.717, 1.165) is 4.47 Å². The van der Waals surface area contributed by atoms with E-state index in [-0.39, 0.29) is 6.61 Å². The van der Waals surface area contributed by atoms with Crippen LogP contribution in [-0.4, -0.2) is 31.2 Å². The SMILES string of the molecule is COCC(F)(F)COCc1ccc(Br)cn1. The van der Waals surface area contributed by atoms with Crippen LogP contribution < -0.4 is 0 Å². The molecule has 0 bridgehead atoms. The largest absolute Gasteiger partial charge is 0.378 e. The Bertz CT molecular complexity index is 319. The molecule has 0 aliphatic rings. The molecular formula is C10H12BrF2NO2. The van der Waals surface area contributed by atoms with Crippen LogP contribution in [0, 0.1) is 0 Å². The Balaban J connectivity index is 2.32. The van der Waals surface area contributed by atoms with Gasteiger partial charge in [0, 0.05) is 17.8 Å². The Kier molecular flexibility index (Phi) is 5.24. The van der Waals surface area contributed by atoms with Crippen LogP contribution in [-0.2, 0) is 16.1 Å². The van der Waals surface area contributed by atoms with E-state index >= 15 is 0 Å².